The van der Waals surface area contributed by atoms with Crippen molar-refractivity contribution < 1.29 is 23.9 Å². The van der Waals surface area contributed by atoms with Gasteiger partial charge in [-0.2, -0.15) is 0 Å². The molecule has 1 aliphatic heterocycles. The highest BCUT2D eigenvalue weighted by atomic mass is 16.7. The first-order chi connectivity index (χ1) is 9.81. The second kappa shape index (κ2) is 5.66. The van der Waals surface area contributed by atoms with E-state index in [0.717, 1.165) is 18.6 Å². The number of carbonyl (C=O) groups is 2. The fraction of sp³-hybridized carbons (Fsp3) is 0.800. The highest BCUT2D eigenvalue weighted by molar-refractivity contribution is 5.99. The smallest absolute Gasteiger partial charge is 0.354 e. The van der Waals surface area contributed by atoms with Crippen LogP contribution in [0.5, 0.6) is 0 Å². The maximum Gasteiger partial charge on any atom is 0.354 e. The summed E-state index contributed by atoms with van der Waals surface area (Å²) >= 11 is 0. The lowest BCUT2D eigenvalue weighted by atomic mass is 9.76. The highest BCUT2D eigenvalue weighted by Crippen LogP contribution is 2.48. The molecule has 6 heteroatoms. The van der Waals surface area contributed by atoms with Crippen molar-refractivity contribution in [2.45, 2.75) is 52.1 Å². The molecule has 1 heterocycles. The van der Waals surface area contributed by atoms with Gasteiger partial charge in [-0.1, -0.05) is 25.9 Å². The molecule has 21 heavy (non-hydrogen) atoms. The van der Waals surface area contributed by atoms with E-state index in [0.29, 0.717) is 6.42 Å². The van der Waals surface area contributed by atoms with Gasteiger partial charge in [-0.15, -0.1) is 0 Å². The second-order valence-electron chi connectivity index (χ2n) is 6.61. The summed E-state index contributed by atoms with van der Waals surface area (Å²) in [5.41, 5.74) is -0.202. The summed E-state index contributed by atoms with van der Waals surface area (Å²) in [5.74, 6) is -0.845. The van der Waals surface area contributed by atoms with Crippen LogP contribution in [0.4, 0.5) is 0 Å². The van der Waals surface area contributed by atoms with E-state index in [9.17, 15) is 9.59 Å². The van der Waals surface area contributed by atoms with Gasteiger partial charge in [0.2, 0.25) is 5.60 Å². The highest BCUT2D eigenvalue weighted by Gasteiger charge is 2.60. The monoisotopic (exact) mass is 297 g/mol. The standard InChI is InChI=1S/C15H23NO5/c1-14(2,3)12-10-6-5-8-15(10,21-16-12)13(18)20-9-7-11(17)19-4/h10H,5-9H2,1-4H3. The average molecular weight is 297 g/mol. The molecule has 6 nitrogen and oxygen atoms in total. The molecule has 1 aliphatic carbocycles. The Kier molecular flexibility index (Phi) is 4.25. The number of esters is 2. The van der Waals surface area contributed by atoms with Crippen LogP contribution in [-0.2, 0) is 23.9 Å². The molecule has 2 atom stereocenters. The van der Waals surface area contributed by atoms with Crippen LogP contribution in [0.15, 0.2) is 5.16 Å². The van der Waals surface area contributed by atoms with Crippen LogP contribution < -0.4 is 0 Å². The molecule has 118 valence electrons. The minimum atomic E-state index is -0.987. The number of fused-ring (bicyclic) bond motifs is 1. The Balaban J connectivity index is 2.02. The molecular weight excluding hydrogens is 274 g/mol. The molecule has 0 radical (unpaired) electrons. The Morgan fingerprint density at radius 1 is 1.43 bits per heavy atom. The predicted molar refractivity (Wildman–Crippen MR) is 75.6 cm³/mol. The number of hydrogen-bond donors (Lipinski definition) is 0. The maximum absolute atomic E-state index is 12.4. The van der Waals surface area contributed by atoms with Crippen molar-refractivity contribution in [1.29, 1.82) is 0 Å². The first-order valence-electron chi connectivity index (χ1n) is 7.32. The van der Waals surface area contributed by atoms with Crippen LogP contribution in [0, 0.1) is 11.3 Å². The van der Waals surface area contributed by atoms with Crippen molar-refractivity contribution >= 4 is 17.7 Å². The summed E-state index contributed by atoms with van der Waals surface area (Å²) in [6.07, 6.45) is 2.45. The lowest BCUT2D eigenvalue weighted by Gasteiger charge is -2.27. The third-order valence-corrected chi connectivity index (χ3v) is 4.12. The zero-order chi connectivity index (χ0) is 15.7. The van der Waals surface area contributed by atoms with Crippen molar-refractivity contribution in [3.8, 4) is 0 Å². The van der Waals surface area contributed by atoms with Crippen LogP contribution >= 0.6 is 0 Å². The Morgan fingerprint density at radius 2 is 2.14 bits per heavy atom. The van der Waals surface area contributed by atoms with E-state index in [1.165, 1.54) is 7.11 Å². The van der Waals surface area contributed by atoms with Crippen molar-refractivity contribution in [1.82, 2.24) is 0 Å². The molecule has 0 saturated heterocycles. The molecule has 0 aromatic carbocycles. The van der Waals surface area contributed by atoms with E-state index >= 15 is 0 Å². The first kappa shape index (κ1) is 15.8. The van der Waals surface area contributed by atoms with Gasteiger partial charge in [-0.05, 0) is 12.8 Å². The lowest BCUT2D eigenvalue weighted by molar-refractivity contribution is -0.172. The number of methoxy groups -OCH3 is 1. The average Bonchev–Trinajstić information content (AvgIpc) is 2.95. The molecular formula is C15H23NO5. The van der Waals surface area contributed by atoms with Crippen LogP contribution in [0.3, 0.4) is 0 Å². The normalized spacial score (nSPS) is 27.6. The quantitative estimate of drug-likeness (QED) is 0.743. The number of carbonyl (C=O) groups excluding carboxylic acids is 2. The summed E-state index contributed by atoms with van der Waals surface area (Å²) in [5, 5.41) is 4.17. The van der Waals surface area contributed by atoms with Gasteiger partial charge < -0.3 is 14.3 Å². The molecule has 0 bridgehead atoms. The van der Waals surface area contributed by atoms with Gasteiger partial charge >= 0.3 is 11.9 Å². The fourth-order valence-electron chi connectivity index (χ4n) is 3.03. The summed E-state index contributed by atoms with van der Waals surface area (Å²) in [6.45, 7) is 6.19. The van der Waals surface area contributed by atoms with Crippen LogP contribution in [0.1, 0.15) is 46.5 Å². The number of ether oxygens (including phenoxy) is 2. The van der Waals surface area contributed by atoms with E-state index in [1.54, 1.807) is 0 Å². The Labute approximate surface area is 124 Å². The van der Waals surface area contributed by atoms with E-state index in [-0.39, 0.29) is 24.4 Å². The van der Waals surface area contributed by atoms with Crippen LogP contribution in [-0.4, -0.2) is 37.0 Å². The van der Waals surface area contributed by atoms with Gasteiger partial charge in [0.05, 0.1) is 25.2 Å². The summed E-state index contributed by atoms with van der Waals surface area (Å²) in [6, 6.07) is 0. The molecule has 2 rings (SSSR count). The molecule has 2 unspecified atom stereocenters. The fourth-order valence-corrected chi connectivity index (χ4v) is 3.03. The Hall–Kier alpha value is -1.59. The summed E-state index contributed by atoms with van der Waals surface area (Å²) in [7, 11) is 1.30. The number of nitrogens with zero attached hydrogens (tertiary/aromatic N) is 1. The Bertz CT molecular complexity index is 465. The summed E-state index contributed by atoms with van der Waals surface area (Å²) in [4.78, 5) is 29.0. The first-order valence-corrected chi connectivity index (χ1v) is 7.32. The molecule has 1 fully saturated rings. The predicted octanol–water partition coefficient (Wildman–Crippen LogP) is 2.06. The zero-order valence-corrected chi connectivity index (χ0v) is 13.1. The maximum atomic E-state index is 12.4. The van der Waals surface area contributed by atoms with E-state index in [4.69, 9.17) is 9.57 Å². The molecule has 0 aromatic rings. The van der Waals surface area contributed by atoms with Gasteiger partial charge in [-0.3, -0.25) is 4.79 Å². The topological polar surface area (TPSA) is 74.2 Å². The van der Waals surface area contributed by atoms with Crippen molar-refractivity contribution in [2.24, 2.45) is 16.5 Å². The molecule has 0 amide bonds. The van der Waals surface area contributed by atoms with E-state index in [1.807, 2.05) is 0 Å². The van der Waals surface area contributed by atoms with Crippen molar-refractivity contribution in [2.75, 3.05) is 13.7 Å². The van der Waals surface area contributed by atoms with Crippen LogP contribution in [0.25, 0.3) is 0 Å². The SMILES string of the molecule is COC(=O)CCOC(=O)C12CCCC1C(C(C)(C)C)=NO2. The Morgan fingerprint density at radius 3 is 2.76 bits per heavy atom. The lowest BCUT2D eigenvalue weighted by Crippen LogP contribution is -2.46. The largest absolute Gasteiger partial charge is 0.469 e. The van der Waals surface area contributed by atoms with Crippen molar-refractivity contribution in [3.63, 3.8) is 0 Å². The molecule has 2 aliphatic rings. The zero-order valence-electron chi connectivity index (χ0n) is 13.1. The summed E-state index contributed by atoms with van der Waals surface area (Å²) < 4.78 is 9.75. The molecule has 0 aromatic heterocycles. The van der Waals surface area contributed by atoms with Gasteiger partial charge in [0.25, 0.3) is 0 Å². The third kappa shape index (κ3) is 2.89. The minimum Gasteiger partial charge on any atom is -0.469 e. The van der Waals surface area contributed by atoms with Gasteiger partial charge in [0.1, 0.15) is 6.61 Å². The van der Waals surface area contributed by atoms with Crippen LogP contribution in [0.2, 0.25) is 0 Å². The molecule has 0 spiro atoms. The van der Waals surface area contributed by atoms with E-state index in [2.05, 4.69) is 30.7 Å². The number of rotatable bonds is 4. The second-order valence-corrected chi connectivity index (χ2v) is 6.61. The number of hydrogen-bond acceptors (Lipinski definition) is 6. The van der Waals surface area contributed by atoms with E-state index < -0.39 is 17.5 Å². The number of oxime groups is 1. The van der Waals surface area contributed by atoms with Gasteiger partial charge in [0.15, 0.2) is 0 Å². The van der Waals surface area contributed by atoms with Gasteiger partial charge in [-0.25, -0.2) is 4.79 Å². The molecule has 1 saturated carbocycles. The van der Waals surface area contributed by atoms with Gasteiger partial charge in [0, 0.05) is 11.8 Å². The molecule has 0 N–H and O–H groups in total. The minimum absolute atomic E-state index is 0.00812. The van der Waals surface area contributed by atoms with Crippen molar-refractivity contribution in [3.05, 3.63) is 0 Å². The third-order valence-electron chi connectivity index (χ3n) is 4.12.